The minimum absolute atomic E-state index is 0.00295. The molecular weight excluding hydrogens is 415 g/mol. The molecule has 0 saturated carbocycles. The van der Waals surface area contributed by atoms with Gasteiger partial charge in [0.1, 0.15) is 5.01 Å². The van der Waals surface area contributed by atoms with Crippen LogP contribution >= 0.6 is 22.9 Å². The number of hydrogen-bond acceptors (Lipinski definition) is 5. The van der Waals surface area contributed by atoms with Gasteiger partial charge in [-0.1, -0.05) is 35.9 Å². The number of hydrogen-bond donors (Lipinski definition) is 0. The number of nitrogens with zero attached hydrogens (tertiary/aromatic N) is 1. The van der Waals surface area contributed by atoms with Gasteiger partial charge < -0.3 is 4.74 Å². The molecule has 0 atom stereocenters. The predicted molar refractivity (Wildman–Crippen MR) is 98.6 cm³/mol. The lowest BCUT2D eigenvalue weighted by Crippen LogP contribution is -2.15. The Morgan fingerprint density at radius 1 is 1.11 bits per heavy atom. The fraction of sp³-hybridized carbons (Fsp3) is 0.105. The van der Waals surface area contributed by atoms with Crippen molar-refractivity contribution in [3.8, 4) is 10.6 Å². The van der Waals surface area contributed by atoms with Crippen molar-refractivity contribution < 1.29 is 27.5 Å². The SMILES string of the molecule is O=C(COC(=O)c1csc(-c2cccc(Cl)c2)n1)c1cccc(C(F)(F)F)c1. The Balaban J connectivity index is 1.65. The van der Waals surface area contributed by atoms with Crippen LogP contribution in [-0.4, -0.2) is 23.3 Å². The average molecular weight is 426 g/mol. The van der Waals surface area contributed by atoms with E-state index in [2.05, 4.69) is 4.98 Å². The van der Waals surface area contributed by atoms with E-state index in [0.717, 1.165) is 23.8 Å². The molecule has 2 aromatic carbocycles. The van der Waals surface area contributed by atoms with Crippen LogP contribution in [0.1, 0.15) is 26.4 Å². The van der Waals surface area contributed by atoms with Crippen LogP contribution in [-0.2, 0) is 10.9 Å². The van der Waals surface area contributed by atoms with Gasteiger partial charge in [0.15, 0.2) is 18.1 Å². The molecule has 28 heavy (non-hydrogen) atoms. The first-order valence-corrected chi connectivity index (χ1v) is 9.09. The normalized spacial score (nSPS) is 11.3. The molecule has 0 fully saturated rings. The average Bonchev–Trinajstić information content (AvgIpc) is 3.15. The van der Waals surface area contributed by atoms with Crippen LogP contribution < -0.4 is 0 Å². The molecule has 0 bridgehead atoms. The molecule has 1 heterocycles. The zero-order chi connectivity index (χ0) is 20.3. The molecule has 0 spiro atoms. The maximum atomic E-state index is 12.7. The van der Waals surface area contributed by atoms with E-state index in [-0.39, 0.29) is 11.3 Å². The highest BCUT2D eigenvalue weighted by Crippen LogP contribution is 2.30. The van der Waals surface area contributed by atoms with Gasteiger partial charge in [0.25, 0.3) is 0 Å². The summed E-state index contributed by atoms with van der Waals surface area (Å²) in [4.78, 5) is 28.3. The molecule has 0 amide bonds. The Morgan fingerprint density at radius 3 is 2.57 bits per heavy atom. The van der Waals surface area contributed by atoms with Crippen LogP contribution in [0.5, 0.6) is 0 Å². The van der Waals surface area contributed by atoms with Crippen LogP contribution in [0.25, 0.3) is 10.6 Å². The van der Waals surface area contributed by atoms with Gasteiger partial charge in [-0.25, -0.2) is 9.78 Å². The summed E-state index contributed by atoms with van der Waals surface area (Å²) in [5.74, 6) is -1.59. The molecule has 0 N–H and O–H groups in total. The predicted octanol–water partition coefficient (Wildman–Crippen LogP) is 5.52. The molecule has 3 aromatic rings. The number of carbonyl (C=O) groups is 2. The third kappa shape index (κ3) is 4.76. The van der Waals surface area contributed by atoms with E-state index in [0.29, 0.717) is 10.0 Å². The molecule has 3 rings (SSSR count). The number of halogens is 4. The number of esters is 1. The molecule has 0 saturated heterocycles. The number of ketones is 1. The quantitative estimate of drug-likeness (QED) is 0.399. The van der Waals surface area contributed by atoms with Gasteiger partial charge in [-0.2, -0.15) is 13.2 Å². The fourth-order valence-electron chi connectivity index (χ4n) is 2.28. The van der Waals surface area contributed by atoms with E-state index in [9.17, 15) is 22.8 Å². The maximum Gasteiger partial charge on any atom is 0.416 e. The number of rotatable bonds is 5. The van der Waals surface area contributed by atoms with Crippen molar-refractivity contribution in [3.05, 3.63) is 75.8 Å². The number of carbonyl (C=O) groups excluding carboxylic acids is 2. The Kier molecular flexibility index (Phi) is 5.81. The molecule has 4 nitrogen and oxygen atoms in total. The van der Waals surface area contributed by atoms with Crippen molar-refractivity contribution in [3.63, 3.8) is 0 Å². The van der Waals surface area contributed by atoms with E-state index in [4.69, 9.17) is 16.3 Å². The Bertz CT molecular complexity index is 1030. The van der Waals surface area contributed by atoms with Crippen molar-refractivity contribution in [1.29, 1.82) is 0 Å². The number of ether oxygens (including phenoxy) is 1. The Morgan fingerprint density at radius 2 is 1.86 bits per heavy atom. The lowest BCUT2D eigenvalue weighted by molar-refractivity contribution is -0.137. The zero-order valence-corrected chi connectivity index (χ0v) is 15.6. The smallest absolute Gasteiger partial charge is 0.416 e. The number of Topliss-reactive ketones (excluding diaryl/α,β-unsaturated/α-hetero) is 1. The summed E-state index contributed by atoms with van der Waals surface area (Å²) >= 11 is 7.12. The summed E-state index contributed by atoms with van der Waals surface area (Å²) in [5.41, 5.74) is -0.427. The summed E-state index contributed by atoms with van der Waals surface area (Å²) < 4.78 is 43.1. The third-order valence-electron chi connectivity index (χ3n) is 3.63. The Labute approximate surface area is 166 Å². The summed E-state index contributed by atoms with van der Waals surface area (Å²) in [6.45, 7) is -0.690. The van der Waals surface area contributed by atoms with E-state index in [1.807, 2.05) is 0 Å². The molecule has 0 aliphatic heterocycles. The van der Waals surface area contributed by atoms with Crippen molar-refractivity contribution >= 4 is 34.7 Å². The van der Waals surface area contributed by atoms with E-state index >= 15 is 0 Å². The van der Waals surface area contributed by atoms with Gasteiger partial charge in [-0.05, 0) is 24.3 Å². The lowest BCUT2D eigenvalue weighted by atomic mass is 10.1. The number of aromatic nitrogens is 1. The minimum Gasteiger partial charge on any atom is -0.453 e. The molecule has 144 valence electrons. The van der Waals surface area contributed by atoms with E-state index in [1.165, 1.54) is 22.8 Å². The lowest BCUT2D eigenvalue weighted by Gasteiger charge is -2.08. The number of thiazole rings is 1. The molecule has 1 aromatic heterocycles. The summed E-state index contributed by atoms with van der Waals surface area (Å²) in [6, 6.07) is 10.8. The second-order valence-electron chi connectivity index (χ2n) is 5.63. The third-order valence-corrected chi connectivity index (χ3v) is 4.76. The number of alkyl halides is 3. The van der Waals surface area contributed by atoms with E-state index < -0.39 is 30.1 Å². The second-order valence-corrected chi connectivity index (χ2v) is 6.92. The van der Waals surface area contributed by atoms with Crippen molar-refractivity contribution in [2.45, 2.75) is 6.18 Å². The van der Waals surface area contributed by atoms with Gasteiger partial charge in [-0.15, -0.1) is 11.3 Å². The minimum atomic E-state index is -4.57. The van der Waals surface area contributed by atoms with Crippen molar-refractivity contribution in [2.24, 2.45) is 0 Å². The van der Waals surface area contributed by atoms with Crippen LogP contribution in [0.4, 0.5) is 13.2 Å². The second kappa shape index (κ2) is 8.12. The number of benzene rings is 2. The highest BCUT2D eigenvalue weighted by atomic mass is 35.5. The van der Waals surface area contributed by atoms with Crippen molar-refractivity contribution in [1.82, 2.24) is 4.98 Å². The van der Waals surface area contributed by atoms with Gasteiger partial charge in [0.2, 0.25) is 0 Å². The molecule has 0 aliphatic rings. The molecule has 0 aliphatic carbocycles. The zero-order valence-electron chi connectivity index (χ0n) is 14.0. The Hall–Kier alpha value is -2.71. The first kappa shape index (κ1) is 20.0. The fourth-order valence-corrected chi connectivity index (χ4v) is 3.26. The summed E-state index contributed by atoms with van der Waals surface area (Å²) in [7, 11) is 0. The summed E-state index contributed by atoms with van der Waals surface area (Å²) in [6.07, 6.45) is -4.57. The highest BCUT2D eigenvalue weighted by Gasteiger charge is 2.31. The van der Waals surface area contributed by atoms with E-state index in [1.54, 1.807) is 24.3 Å². The van der Waals surface area contributed by atoms with Gasteiger partial charge in [-0.3, -0.25) is 4.79 Å². The van der Waals surface area contributed by atoms with Gasteiger partial charge in [0, 0.05) is 21.5 Å². The molecule has 0 unspecified atom stereocenters. The first-order valence-electron chi connectivity index (χ1n) is 7.83. The topological polar surface area (TPSA) is 56.3 Å². The summed E-state index contributed by atoms with van der Waals surface area (Å²) in [5, 5.41) is 2.52. The molecule has 9 heteroatoms. The standard InChI is InChI=1S/C19H11ClF3NO3S/c20-14-6-2-4-12(8-14)17-24-15(10-28-17)18(26)27-9-16(25)11-3-1-5-13(7-11)19(21,22)23/h1-8,10H,9H2. The molecular formula is C19H11ClF3NO3S. The van der Waals surface area contributed by atoms with Gasteiger partial charge in [0.05, 0.1) is 5.56 Å². The highest BCUT2D eigenvalue weighted by molar-refractivity contribution is 7.13. The van der Waals surface area contributed by atoms with Crippen LogP contribution in [0.15, 0.2) is 53.9 Å². The molecule has 0 radical (unpaired) electrons. The van der Waals surface area contributed by atoms with Gasteiger partial charge >= 0.3 is 12.1 Å². The van der Waals surface area contributed by atoms with Crippen LogP contribution in [0.3, 0.4) is 0 Å². The maximum absolute atomic E-state index is 12.7. The first-order chi connectivity index (χ1) is 13.2. The van der Waals surface area contributed by atoms with Crippen molar-refractivity contribution in [2.75, 3.05) is 6.61 Å². The monoisotopic (exact) mass is 425 g/mol. The van der Waals surface area contributed by atoms with Crippen LogP contribution in [0.2, 0.25) is 5.02 Å². The van der Waals surface area contributed by atoms with Crippen LogP contribution in [0, 0.1) is 0 Å². The largest absolute Gasteiger partial charge is 0.453 e.